The average molecular weight is 491 g/mol. The molecule has 4 aromatic rings. The lowest BCUT2D eigenvalue weighted by molar-refractivity contribution is 0.712. The summed E-state index contributed by atoms with van der Waals surface area (Å²) >= 11 is 0. The summed E-state index contributed by atoms with van der Waals surface area (Å²) in [6.45, 7) is 0. The molecule has 2 heterocycles. The van der Waals surface area contributed by atoms with E-state index in [9.17, 15) is 0 Å². The van der Waals surface area contributed by atoms with Crippen molar-refractivity contribution in [1.29, 1.82) is 0 Å². The molecule has 3 aliphatic carbocycles. The quantitative estimate of drug-likeness (QED) is 0.278. The molecule has 2 nitrogen and oxygen atoms in total. The molecule has 1 aliphatic heterocycles. The Morgan fingerprint density at radius 2 is 1.42 bits per heavy atom. The Hall–Kier alpha value is -4.30. The molecule has 8 rings (SSSR count). The monoisotopic (exact) mass is 490 g/mol. The fourth-order valence-corrected chi connectivity index (χ4v) is 7.13. The molecular formula is C36H30N2. The third kappa shape index (κ3) is 3.13. The highest BCUT2D eigenvalue weighted by Crippen LogP contribution is 2.53. The fourth-order valence-electron chi connectivity index (χ4n) is 7.13. The van der Waals surface area contributed by atoms with Gasteiger partial charge in [-0.1, -0.05) is 91.1 Å². The van der Waals surface area contributed by atoms with Gasteiger partial charge in [0.25, 0.3) is 0 Å². The van der Waals surface area contributed by atoms with E-state index in [1.807, 2.05) is 0 Å². The van der Waals surface area contributed by atoms with Crippen LogP contribution < -0.4 is 4.90 Å². The SMILES string of the molecule is C1=CCCC(N2c3ccccc3C3C(c4cccc5c4c4ccccc4n5C4=CC=CCC4)=CC=CC32)=C1. The highest BCUT2D eigenvalue weighted by Gasteiger charge is 2.42. The van der Waals surface area contributed by atoms with Gasteiger partial charge in [0.1, 0.15) is 0 Å². The van der Waals surface area contributed by atoms with Crippen LogP contribution in [-0.4, -0.2) is 10.6 Å². The zero-order valence-electron chi connectivity index (χ0n) is 21.4. The molecule has 2 heteroatoms. The van der Waals surface area contributed by atoms with Crippen molar-refractivity contribution in [2.24, 2.45) is 0 Å². The van der Waals surface area contributed by atoms with Gasteiger partial charge in [-0.3, -0.25) is 0 Å². The van der Waals surface area contributed by atoms with Gasteiger partial charge < -0.3 is 9.47 Å². The first-order valence-corrected chi connectivity index (χ1v) is 13.9. The molecule has 38 heavy (non-hydrogen) atoms. The van der Waals surface area contributed by atoms with Crippen LogP contribution in [0.4, 0.5) is 5.69 Å². The molecule has 0 radical (unpaired) electrons. The van der Waals surface area contributed by atoms with Crippen LogP contribution in [0.2, 0.25) is 0 Å². The number of benzene rings is 3. The Bertz CT molecular complexity index is 1780. The third-order valence-electron chi connectivity index (χ3n) is 8.68. The van der Waals surface area contributed by atoms with Crippen molar-refractivity contribution in [1.82, 2.24) is 4.57 Å². The second-order valence-electron chi connectivity index (χ2n) is 10.7. The van der Waals surface area contributed by atoms with Gasteiger partial charge in [-0.15, -0.1) is 0 Å². The molecule has 0 saturated heterocycles. The minimum Gasteiger partial charge on any atom is -0.337 e. The Morgan fingerprint density at radius 3 is 2.26 bits per heavy atom. The van der Waals surface area contributed by atoms with Crippen molar-refractivity contribution >= 4 is 38.8 Å². The van der Waals surface area contributed by atoms with Crippen molar-refractivity contribution in [2.75, 3.05) is 4.90 Å². The number of rotatable bonds is 3. The van der Waals surface area contributed by atoms with Crippen molar-refractivity contribution in [3.63, 3.8) is 0 Å². The Balaban J connectivity index is 1.36. The summed E-state index contributed by atoms with van der Waals surface area (Å²) in [5.74, 6) is 0.299. The Kier molecular flexibility index (Phi) is 4.94. The Labute approximate surface area is 223 Å². The number of nitrogens with zero attached hydrogens (tertiary/aromatic N) is 2. The number of hydrogen-bond donors (Lipinski definition) is 0. The van der Waals surface area contributed by atoms with E-state index in [1.54, 1.807) is 0 Å². The molecule has 0 N–H and O–H groups in total. The molecule has 0 bridgehead atoms. The van der Waals surface area contributed by atoms with Gasteiger partial charge in [-0.25, -0.2) is 0 Å². The third-order valence-corrected chi connectivity index (χ3v) is 8.68. The van der Waals surface area contributed by atoms with Crippen LogP contribution in [-0.2, 0) is 0 Å². The molecule has 2 atom stereocenters. The molecule has 184 valence electrons. The summed E-state index contributed by atoms with van der Waals surface area (Å²) in [7, 11) is 0. The largest absolute Gasteiger partial charge is 0.337 e. The zero-order chi connectivity index (χ0) is 25.1. The molecule has 0 amide bonds. The van der Waals surface area contributed by atoms with Crippen molar-refractivity contribution in [3.8, 4) is 0 Å². The summed E-state index contributed by atoms with van der Waals surface area (Å²) < 4.78 is 2.50. The topological polar surface area (TPSA) is 8.17 Å². The van der Waals surface area contributed by atoms with E-state index in [0.717, 1.165) is 25.7 Å². The van der Waals surface area contributed by atoms with E-state index in [2.05, 4.69) is 131 Å². The second-order valence-corrected chi connectivity index (χ2v) is 10.7. The van der Waals surface area contributed by atoms with Crippen LogP contribution in [0, 0.1) is 0 Å². The Morgan fingerprint density at radius 1 is 0.658 bits per heavy atom. The number of anilines is 1. The number of aromatic nitrogens is 1. The van der Waals surface area contributed by atoms with Gasteiger partial charge in [0.05, 0.1) is 17.1 Å². The average Bonchev–Trinajstić information content (AvgIpc) is 3.51. The molecule has 1 aromatic heterocycles. The lowest BCUT2D eigenvalue weighted by Gasteiger charge is -2.33. The van der Waals surface area contributed by atoms with Crippen molar-refractivity contribution in [2.45, 2.75) is 37.6 Å². The number of hydrogen-bond acceptors (Lipinski definition) is 1. The first-order chi connectivity index (χ1) is 18.9. The van der Waals surface area contributed by atoms with Gasteiger partial charge in [0.15, 0.2) is 0 Å². The lowest BCUT2D eigenvalue weighted by atomic mass is 9.79. The van der Waals surface area contributed by atoms with Gasteiger partial charge in [-0.05, 0) is 72.7 Å². The fraction of sp³-hybridized carbons (Fsp3) is 0.167. The minimum atomic E-state index is 0.292. The summed E-state index contributed by atoms with van der Waals surface area (Å²) in [5, 5.41) is 2.71. The maximum absolute atomic E-state index is 2.61. The number of fused-ring (bicyclic) bond motifs is 6. The molecular weight excluding hydrogens is 460 g/mol. The number of allylic oxidation sites excluding steroid dienone is 10. The van der Waals surface area contributed by atoms with Crippen LogP contribution in [0.1, 0.15) is 42.7 Å². The van der Waals surface area contributed by atoms with E-state index in [1.165, 1.54) is 55.6 Å². The first-order valence-electron chi connectivity index (χ1n) is 13.9. The molecule has 0 spiro atoms. The van der Waals surface area contributed by atoms with E-state index in [-0.39, 0.29) is 0 Å². The first kappa shape index (κ1) is 21.8. The summed E-state index contributed by atoms with van der Waals surface area (Å²) in [6, 6.07) is 25.2. The summed E-state index contributed by atoms with van der Waals surface area (Å²) in [4.78, 5) is 2.61. The molecule has 2 unspecified atom stereocenters. The lowest BCUT2D eigenvalue weighted by Crippen LogP contribution is -2.33. The normalized spacial score (nSPS) is 21.9. The van der Waals surface area contributed by atoms with Crippen LogP contribution in [0.3, 0.4) is 0 Å². The van der Waals surface area contributed by atoms with E-state index >= 15 is 0 Å². The van der Waals surface area contributed by atoms with Crippen LogP contribution in [0.15, 0.2) is 127 Å². The van der Waals surface area contributed by atoms with Gasteiger partial charge >= 0.3 is 0 Å². The maximum atomic E-state index is 2.61. The van der Waals surface area contributed by atoms with Gasteiger partial charge in [0, 0.05) is 33.8 Å². The van der Waals surface area contributed by atoms with Gasteiger partial charge in [-0.2, -0.15) is 0 Å². The molecule has 3 aromatic carbocycles. The molecule has 0 fully saturated rings. The van der Waals surface area contributed by atoms with Gasteiger partial charge in [0.2, 0.25) is 0 Å². The van der Waals surface area contributed by atoms with Crippen molar-refractivity contribution in [3.05, 3.63) is 138 Å². The van der Waals surface area contributed by atoms with Crippen LogP contribution in [0.5, 0.6) is 0 Å². The van der Waals surface area contributed by atoms with E-state index < -0.39 is 0 Å². The maximum Gasteiger partial charge on any atom is 0.0632 e. The zero-order valence-corrected chi connectivity index (χ0v) is 21.4. The minimum absolute atomic E-state index is 0.292. The molecule has 4 aliphatic rings. The van der Waals surface area contributed by atoms with Crippen molar-refractivity contribution < 1.29 is 0 Å². The molecule has 0 saturated carbocycles. The standard InChI is InChI=1S/C36H30N2/c1-3-13-25(14-4-1)37-31-21-9-7-17-29(31)35-27(19-11-23-33(35)37)28-20-12-24-34-36(28)30-18-8-10-22-32(30)38(34)26-15-5-2-6-16-26/h1-3,5,7-13,15,17-24,33,35H,4,6,14,16H2. The smallest absolute Gasteiger partial charge is 0.0632 e. The predicted molar refractivity (Wildman–Crippen MR) is 161 cm³/mol. The summed E-state index contributed by atoms with van der Waals surface area (Å²) in [5.41, 5.74) is 11.0. The summed E-state index contributed by atoms with van der Waals surface area (Å²) in [6.07, 6.45) is 25.0. The number of para-hydroxylation sites is 2. The van der Waals surface area contributed by atoms with E-state index in [4.69, 9.17) is 0 Å². The van der Waals surface area contributed by atoms with E-state index in [0.29, 0.717) is 12.0 Å². The van der Waals surface area contributed by atoms with Crippen LogP contribution in [0.25, 0.3) is 33.1 Å². The van der Waals surface area contributed by atoms with Crippen LogP contribution >= 0.6 is 0 Å². The second kappa shape index (κ2) is 8.63. The predicted octanol–water partition coefficient (Wildman–Crippen LogP) is 9.14. The highest BCUT2D eigenvalue weighted by atomic mass is 15.2. The highest BCUT2D eigenvalue weighted by molar-refractivity contribution is 6.15.